The molecule has 3 N–H and O–H groups in total. The minimum absolute atomic E-state index is 0.0800. The zero-order valence-corrected chi connectivity index (χ0v) is 14.6. The molecule has 0 spiro atoms. The summed E-state index contributed by atoms with van der Waals surface area (Å²) in [4.78, 5) is 24.0. The molecule has 0 unspecified atom stereocenters. The fraction of sp³-hybridized carbons (Fsp3) is 0.263. The number of hydrogen-bond acceptors (Lipinski definition) is 3. The van der Waals surface area contributed by atoms with Crippen LogP contribution in [0.2, 0.25) is 5.02 Å². The van der Waals surface area contributed by atoms with E-state index in [1.165, 1.54) is 0 Å². The molecule has 1 aliphatic carbocycles. The Labute approximate surface area is 151 Å². The first-order valence-corrected chi connectivity index (χ1v) is 8.63. The molecule has 0 heterocycles. The van der Waals surface area contributed by atoms with Crippen molar-refractivity contribution in [3.8, 4) is 0 Å². The monoisotopic (exact) mass is 357 g/mol. The van der Waals surface area contributed by atoms with Crippen molar-refractivity contribution in [2.24, 2.45) is 5.92 Å². The summed E-state index contributed by atoms with van der Waals surface area (Å²) >= 11 is 5.83. The number of halogens is 1. The summed E-state index contributed by atoms with van der Waals surface area (Å²) in [5, 5.41) is 9.48. The van der Waals surface area contributed by atoms with Gasteiger partial charge in [-0.15, -0.1) is 0 Å². The quantitative estimate of drug-likeness (QED) is 0.728. The van der Waals surface area contributed by atoms with Crippen LogP contribution in [0.5, 0.6) is 0 Å². The molecule has 0 bridgehead atoms. The van der Waals surface area contributed by atoms with Gasteiger partial charge in [0.2, 0.25) is 11.8 Å². The van der Waals surface area contributed by atoms with Gasteiger partial charge in [-0.25, -0.2) is 0 Å². The first-order valence-electron chi connectivity index (χ1n) is 8.25. The molecule has 5 nitrogen and oxygen atoms in total. The normalized spacial score (nSPS) is 14.5. The maximum atomic E-state index is 12.2. The zero-order valence-electron chi connectivity index (χ0n) is 13.9. The Morgan fingerprint density at radius 1 is 0.920 bits per heavy atom. The Hall–Kier alpha value is -2.53. The molecule has 0 aliphatic heterocycles. The number of hydrogen-bond donors (Lipinski definition) is 3. The van der Waals surface area contributed by atoms with Gasteiger partial charge in [0.15, 0.2) is 0 Å². The standard InChI is InChI=1S/C19H20ClN3O2/c1-12(18(24)22-16-6-4-14(20)5-7-16)21-15-8-10-17(11-9-15)23-19(25)13-2-3-13/h4-13,21H,2-3H2,1H3,(H,22,24)(H,23,25)/t12-/m0/s1. The van der Waals surface area contributed by atoms with Crippen molar-refractivity contribution < 1.29 is 9.59 Å². The van der Waals surface area contributed by atoms with Gasteiger partial charge in [0, 0.05) is 28.0 Å². The Morgan fingerprint density at radius 3 is 2.04 bits per heavy atom. The van der Waals surface area contributed by atoms with Crippen molar-refractivity contribution in [2.75, 3.05) is 16.0 Å². The van der Waals surface area contributed by atoms with Crippen molar-refractivity contribution in [2.45, 2.75) is 25.8 Å². The Morgan fingerprint density at radius 2 is 1.44 bits per heavy atom. The Bertz CT molecular complexity index is 755. The first-order chi connectivity index (χ1) is 12.0. The van der Waals surface area contributed by atoms with Gasteiger partial charge in [0.05, 0.1) is 0 Å². The molecular weight excluding hydrogens is 338 g/mol. The second kappa shape index (κ2) is 7.57. The average Bonchev–Trinajstić information content (AvgIpc) is 3.43. The van der Waals surface area contributed by atoms with Crippen LogP contribution in [-0.2, 0) is 9.59 Å². The van der Waals surface area contributed by atoms with Crippen molar-refractivity contribution in [1.29, 1.82) is 0 Å². The largest absolute Gasteiger partial charge is 0.374 e. The van der Waals surface area contributed by atoms with E-state index in [-0.39, 0.29) is 17.7 Å². The number of amides is 2. The molecule has 1 fully saturated rings. The minimum atomic E-state index is -0.414. The first kappa shape index (κ1) is 17.3. The molecule has 25 heavy (non-hydrogen) atoms. The topological polar surface area (TPSA) is 70.2 Å². The molecule has 3 rings (SSSR count). The van der Waals surface area contributed by atoms with E-state index in [9.17, 15) is 9.59 Å². The lowest BCUT2D eigenvalue weighted by Crippen LogP contribution is -2.31. The van der Waals surface area contributed by atoms with Gasteiger partial charge in [-0.3, -0.25) is 9.59 Å². The number of benzene rings is 2. The number of carbonyl (C=O) groups excluding carboxylic acids is 2. The Kier molecular flexibility index (Phi) is 5.24. The Balaban J connectivity index is 1.52. The second-order valence-electron chi connectivity index (χ2n) is 6.20. The van der Waals surface area contributed by atoms with Crippen LogP contribution in [0.1, 0.15) is 19.8 Å². The highest BCUT2D eigenvalue weighted by Gasteiger charge is 2.29. The van der Waals surface area contributed by atoms with Crippen molar-refractivity contribution in [3.05, 3.63) is 53.6 Å². The fourth-order valence-corrected chi connectivity index (χ4v) is 2.46. The maximum absolute atomic E-state index is 12.2. The van der Waals surface area contributed by atoms with Gasteiger partial charge in [-0.1, -0.05) is 11.6 Å². The second-order valence-corrected chi connectivity index (χ2v) is 6.64. The van der Waals surface area contributed by atoms with Gasteiger partial charge < -0.3 is 16.0 Å². The highest BCUT2D eigenvalue weighted by molar-refractivity contribution is 6.30. The molecule has 6 heteroatoms. The molecule has 0 saturated heterocycles. The molecule has 2 aromatic rings. The lowest BCUT2D eigenvalue weighted by atomic mass is 10.2. The molecule has 0 aromatic heterocycles. The van der Waals surface area contributed by atoms with Crippen LogP contribution in [0.3, 0.4) is 0 Å². The highest BCUT2D eigenvalue weighted by Crippen LogP contribution is 2.30. The predicted molar refractivity (Wildman–Crippen MR) is 101 cm³/mol. The third kappa shape index (κ3) is 4.97. The summed E-state index contributed by atoms with van der Waals surface area (Å²) in [6.07, 6.45) is 1.96. The molecule has 0 radical (unpaired) electrons. The van der Waals surface area contributed by atoms with Crippen molar-refractivity contribution in [3.63, 3.8) is 0 Å². The molecule has 130 valence electrons. The summed E-state index contributed by atoms with van der Waals surface area (Å²) in [6, 6.07) is 13.9. The van der Waals surface area contributed by atoms with E-state index in [4.69, 9.17) is 11.6 Å². The number of carbonyl (C=O) groups is 2. The summed E-state index contributed by atoms with van der Waals surface area (Å²) in [5.41, 5.74) is 2.27. The van der Waals surface area contributed by atoms with Crippen molar-refractivity contribution in [1.82, 2.24) is 0 Å². The van der Waals surface area contributed by atoms with E-state index in [0.29, 0.717) is 10.7 Å². The van der Waals surface area contributed by atoms with Crippen LogP contribution in [0.15, 0.2) is 48.5 Å². The van der Waals surface area contributed by atoms with Gasteiger partial charge in [0.1, 0.15) is 6.04 Å². The zero-order chi connectivity index (χ0) is 17.8. The molecule has 1 atom stereocenters. The number of anilines is 3. The smallest absolute Gasteiger partial charge is 0.246 e. The third-order valence-corrected chi connectivity index (χ3v) is 4.24. The van der Waals surface area contributed by atoms with E-state index in [0.717, 1.165) is 24.2 Å². The van der Waals surface area contributed by atoms with Crippen LogP contribution in [-0.4, -0.2) is 17.9 Å². The van der Waals surface area contributed by atoms with E-state index in [1.54, 1.807) is 31.2 Å². The average molecular weight is 358 g/mol. The van der Waals surface area contributed by atoms with Gasteiger partial charge in [-0.05, 0) is 68.3 Å². The lowest BCUT2D eigenvalue weighted by Gasteiger charge is -2.16. The molecule has 1 saturated carbocycles. The van der Waals surface area contributed by atoms with E-state index in [1.807, 2.05) is 24.3 Å². The van der Waals surface area contributed by atoms with Crippen LogP contribution >= 0.6 is 11.6 Å². The van der Waals surface area contributed by atoms with E-state index < -0.39 is 6.04 Å². The molecule has 2 aromatic carbocycles. The minimum Gasteiger partial charge on any atom is -0.374 e. The summed E-state index contributed by atoms with van der Waals surface area (Å²) in [6.45, 7) is 1.79. The maximum Gasteiger partial charge on any atom is 0.246 e. The van der Waals surface area contributed by atoms with E-state index in [2.05, 4.69) is 16.0 Å². The molecule has 1 aliphatic rings. The lowest BCUT2D eigenvalue weighted by molar-refractivity contribution is -0.117. The van der Waals surface area contributed by atoms with Crippen molar-refractivity contribution >= 4 is 40.5 Å². The summed E-state index contributed by atoms with van der Waals surface area (Å²) < 4.78 is 0. The third-order valence-electron chi connectivity index (χ3n) is 3.99. The van der Waals surface area contributed by atoms with Crippen LogP contribution in [0.25, 0.3) is 0 Å². The van der Waals surface area contributed by atoms with Gasteiger partial charge in [-0.2, -0.15) is 0 Å². The van der Waals surface area contributed by atoms with Gasteiger partial charge >= 0.3 is 0 Å². The van der Waals surface area contributed by atoms with Crippen LogP contribution in [0, 0.1) is 5.92 Å². The molecule has 2 amide bonds. The number of rotatable bonds is 6. The summed E-state index contributed by atoms with van der Waals surface area (Å²) in [7, 11) is 0. The van der Waals surface area contributed by atoms with Crippen LogP contribution < -0.4 is 16.0 Å². The van der Waals surface area contributed by atoms with E-state index >= 15 is 0 Å². The fourth-order valence-electron chi connectivity index (χ4n) is 2.34. The molecular formula is C19H20ClN3O2. The summed E-state index contributed by atoms with van der Waals surface area (Å²) in [5.74, 6) is 0.110. The predicted octanol–water partition coefficient (Wildman–Crippen LogP) is 4.13. The van der Waals surface area contributed by atoms with Crippen LogP contribution in [0.4, 0.5) is 17.1 Å². The highest BCUT2D eigenvalue weighted by atomic mass is 35.5. The number of nitrogens with one attached hydrogen (secondary N) is 3. The SMILES string of the molecule is C[C@H](Nc1ccc(NC(=O)C2CC2)cc1)C(=O)Nc1ccc(Cl)cc1. The van der Waals surface area contributed by atoms with Gasteiger partial charge in [0.25, 0.3) is 0 Å².